The van der Waals surface area contributed by atoms with Crippen LogP contribution in [0.2, 0.25) is 0 Å². The highest BCUT2D eigenvalue weighted by molar-refractivity contribution is 7.99. The normalized spacial score (nSPS) is 11.2. The molecule has 1 aromatic heterocycles. The van der Waals surface area contributed by atoms with E-state index >= 15 is 0 Å². The lowest BCUT2D eigenvalue weighted by Crippen LogP contribution is -2.06. The summed E-state index contributed by atoms with van der Waals surface area (Å²) in [6, 6.07) is 12.8. The largest absolute Gasteiger partial charge is 0.333 e. The third kappa shape index (κ3) is 3.12. The van der Waals surface area contributed by atoms with Crippen molar-refractivity contribution < 1.29 is 0 Å². The molecule has 0 unspecified atom stereocenters. The van der Waals surface area contributed by atoms with Gasteiger partial charge in [0.25, 0.3) is 0 Å². The second-order valence-electron chi connectivity index (χ2n) is 5.28. The third-order valence-electron chi connectivity index (χ3n) is 3.51. The highest BCUT2D eigenvalue weighted by Crippen LogP contribution is 2.29. The number of imidazole rings is 1. The first kappa shape index (κ1) is 14.2. The van der Waals surface area contributed by atoms with Gasteiger partial charge in [-0.15, -0.1) is 0 Å². The van der Waals surface area contributed by atoms with Crippen LogP contribution in [-0.4, -0.2) is 17.0 Å². The molecule has 2 aromatic carbocycles. The molecule has 0 saturated heterocycles. The van der Waals surface area contributed by atoms with Crippen molar-refractivity contribution in [1.82, 2.24) is 15.3 Å². The standard InChI is InChI=1S/C17H19N3S/c1-11-4-7-15-16(8-11)20-17(19-15)21-14-6-5-13(10-18-3)12(2)9-14/h4-9,18H,10H2,1-3H3,(H,19,20). The van der Waals surface area contributed by atoms with Crippen molar-refractivity contribution in [1.29, 1.82) is 0 Å². The molecule has 3 nitrogen and oxygen atoms in total. The van der Waals surface area contributed by atoms with Crippen LogP contribution in [-0.2, 0) is 6.54 Å². The van der Waals surface area contributed by atoms with Crippen molar-refractivity contribution in [3.05, 3.63) is 53.1 Å². The number of H-pyrrole nitrogens is 1. The van der Waals surface area contributed by atoms with Gasteiger partial charge in [0, 0.05) is 11.4 Å². The maximum Gasteiger partial charge on any atom is 0.171 e. The zero-order chi connectivity index (χ0) is 14.8. The van der Waals surface area contributed by atoms with E-state index in [0.29, 0.717) is 0 Å². The summed E-state index contributed by atoms with van der Waals surface area (Å²) >= 11 is 1.67. The van der Waals surface area contributed by atoms with E-state index in [4.69, 9.17) is 0 Å². The minimum atomic E-state index is 0.903. The Bertz CT molecular complexity index is 777. The monoisotopic (exact) mass is 297 g/mol. The number of hydrogen-bond donors (Lipinski definition) is 2. The van der Waals surface area contributed by atoms with Gasteiger partial charge >= 0.3 is 0 Å². The molecule has 1 heterocycles. The van der Waals surface area contributed by atoms with Crippen molar-refractivity contribution >= 4 is 22.8 Å². The lowest BCUT2D eigenvalue weighted by molar-refractivity contribution is 0.811. The summed E-state index contributed by atoms with van der Waals surface area (Å²) in [6.45, 7) is 5.15. The van der Waals surface area contributed by atoms with Gasteiger partial charge in [-0.1, -0.05) is 23.9 Å². The van der Waals surface area contributed by atoms with E-state index in [-0.39, 0.29) is 0 Å². The van der Waals surface area contributed by atoms with Crippen LogP contribution in [0.25, 0.3) is 11.0 Å². The number of aromatic nitrogens is 2. The molecule has 0 spiro atoms. The van der Waals surface area contributed by atoms with E-state index < -0.39 is 0 Å². The van der Waals surface area contributed by atoms with Crippen LogP contribution in [0, 0.1) is 13.8 Å². The number of fused-ring (bicyclic) bond motifs is 1. The Morgan fingerprint density at radius 3 is 2.76 bits per heavy atom. The number of rotatable bonds is 4. The van der Waals surface area contributed by atoms with Crippen molar-refractivity contribution in [3.8, 4) is 0 Å². The van der Waals surface area contributed by atoms with E-state index in [1.807, 2.05) is 7.05 Å². The molecule has 0 fully saturated rings. The molecule has 3 aromatic rings. The molecular formula is C17H19N3S. The van der Waals surface area contributed by atoms with Crippen LogP contribution in [0.4, 0.5) is 0 Å². The van der Waals surface area contributed by atoms with Gasteiger partial charge in [0.1, 0.15) is 0 Å². The van der Waals surface area contributed by atoms with Crippen LogP contribution in [0.15, 0.2) is 46.5 Å². The van der Waals surface area contributed by atoms with Gasteiger partial charge in [-0.2, -0.15) is 0 Å². The minimum Gasteiger partial charge on any atom is -0.333 e. The first-order valence-electron chi connectivity index (χ1n) is 7.04. The Morgan fingerprint density at radius 2 is 2.00 bits per heavy atom. The first-order valence-corrected chi connectivity index (χ1v) is 7.86. The number of nitrogens with zero attached hydrogens (tertiary/aromatic N) is 1. The number of aromatic amines is 1. The summed E-state index contributed by atoms with van der Waals surface area (Å²) in [5, 5.41) is 4.13. The molecule has 0 amide bonds. The van der Waals surface area contributed by atoms with Crippen molar-refractivity contribution in [2.24, 2.45) is 0 Å². The molecule has 3 rings (SSSR count). The van der Waals surface area contributed by atoms with Gasteiger partial charge in [0.05, 0.1) is 11.0 Å². The summed E-state index contributed by atoms with van der Waals surface area (Å²) < 4.78 is 0. The summed E-state index contributed by atoms with van der Waals surface area (Å²) in [6.07, 6.45) is 0. The molecule has 0 aliphatic heterocycles. The number of nitrogens with one attached hydrogen (secondary N) is 2. The fourth-order valence-corrected chi connectivity index (χ4v) is 3.28. The van der Waals surface area contributed by atoms with E-state index in [0.717, 1.165) is 22.7 Å². The van der Waals surface area contributed by atoms with E-state index in [2.05, 4.69) is 65.5 Å². The molecule has 0 bridgehead atoms. The molecule has 21 heavy (non-hydrogen) atoms. The number of aryl methyl sites for hydroxylation is 2. The molecule has 108 valence electrons. The average Bonchev–Trinajstić information content (AvgIpc) is 2.83. The molecule has 0 saturated carbocycles. The average molecular weight is 297 g/mol. The van der Waals surface area contributed by atoms with E-state index in [9.17, 15) is 0 Å². The lowest BCUT2D eigenvalue weighted by atomic mass is 10.1. The summed E-state index contributed by atoms with van der Waals surface area (Å²) in [5.74, 6) is 0. The SMILES string of the molecule is CNCc1ccc(Sc2nc3ccc(C)cc3[nH]2)cc1C. The topological polar surface area (TPSA) is 40.7 Å². The zero-order valence-electron chi connectivity index (χ0n) is 12.5. The number of benzene rings is 2. The Labute approximate surface area is 129 Å². The molecule has 0 aliphatic carbocycles. The predicted molar refractivity (Wildman–Crippen MR) is 88.9 cm³/mol. The van der Waals surface area contributed by atoms with Crippen LogP contribution in [0.1, 0.15) is 16.7 Å². The van der Waals surface area contributed by atoms with Crippen LogP contribution < -0.4 is 5.32 Å². The van der Waals surface area contributed by atoms with Gasteiger partial charge in [0.15, 0.2) is 5.16 Å². The molecule has 0 aliphatic rings. The van der Waals surface area contributed by atoms with Gasteiger partial charge in [-0.05, 0) is 61.9 Å². The third-order valence-corrected chi connectivity index (χ3v) is 4.39. The van der Waals surface area contributed by atoms with Crippen molar-refractivity contribution in [3.63, 3.8) is 0 Å². The van der Waals surface area contributed by atoms with Crippen LogP contribution in [0.3, 0.4) is 0 Å². The molecule has 2 N–H and O–H groups in total. The molecule has 0 radical (unpaired) electrons. The molecule has 4 heteroatoms. The van der Waals surface area contributed by atoms with Gasteiger partial charge in [0.2, 0.25) is 0 Å². The Morgan fingerprint density at radius 1 is 1.14 bits per heavy atom. The van der Waals surface area contributed by atoms with Gasteiger partial charge in [-0.3, -0.25) is 0 Å². The lowest BCUT2D eigenvalue weighted by Gasteiger charge is -2.06. The van der Waals surface area contributed by atoms with Crippen molar-refractivity contribution in [2.75, 3.05) is 7.05 Å². The smallest absolute Gasteiger partial charge is 0.171 e. The van der Waals surface area contributed by atoms with Crippen molar-refractivity contribution in [2.45, 2.75) is 30.4 Å². The number of hydrogen-bond acceptors (Lipinski definition) is 3. The maximum absolute atomic E-state index is 4.63. The second kappa shape index (κ2) is 5.92. The van der Waals surface area contributed by atoms with Gasteiger partial charge in [-0.25, -0.2) is 4.98 Å². The van der Waals surface area contributed by atoms with Crippen LogP contribution in [0.5, 0.6) is 0 Å². The molecular weight excluding hydrogens is 278 g/mol. The first-order chi connectivity index (χ1) is 10.2. The quantitative estimate of drug-likeness (QED) is 0.763. The summed E-state index contributed by atoms with van der Waals surface area (Å²) in [7, 11) is 1.97. The molecule has 0 atom stereocenters. The maximum atomic E-state index is 4.63. The fraction of sp³-hybridized carbons (Fsp3) is 0.235. The second-order valence-corrected chi connectivity index (χ2v) is 6.35. The highest BCUT2D eigenvalue weighted by Gasteiger charge is 2.06. The van der Waals surface area contributed by atoms with E-state index in [1.54, 1.807) is 11.8 Å². The fourth-order valence-electron chi connectivity index (χ4n) is 2.38. The highest BCUT2D eigenvalue weighted by atomic mass is 32.2. The minimum absolute atomic E-state index is 0.903. The summed E-state index contributed by atoms with van der Waals surface area (Å²) in [5.41, 5.74) is 6.01. The zero-order valence-corrected chi connectivity index (χ0v) is 13.3. The van der Waals surface area contributed by atoms with Gasteiger partial charge < -0.3 is 10.3 Å². The Hall–Kier alpha value is -1.78. The Kier molecular flexibility index (Phi) is 3.99. The van der Waals surface area contributed by atoms with E-state index in [1.165, 1.54) is 21.6 Å². The van der Waals surface area contributed by atoms with Crippen LogP contribution >= 0.6 is 11.8 Å². The Balaban J connectivity index is 1.86. The summed E-state index contributed by atoms with van der Waals surface area (Å²) in [4.78, 5) is 9.23. The predicted octanol–water partition coefficient (Wildman–Crippen LogP) is 4.05.